The molecule has 7 heteroatoms. The number of fused-ring (bicyclic) bond motifs is 1. The van der Waals surface area contributed by atoms with Gasteiger partial charge in [-0.15, -0.1) is 0 Å². The van der Waals surface area contributed by atoms with E-state index >= 15 is 0 Å². The van der Waals surface area contributed by atoms with Crippen LogP contribution in [0.2, 0.25) is 0 Å². The second-order valence-electron chi connectivity index (χ2n) is 7.33. The number of nitrogens with zero attached hydrogens (tertiary/aromatic N) is 3. The molecule has 0 spiro atoms. The Balaban J connectivity index is 1.32. The van der Waals surface area contributed by atoms with Crippen molar-refractivity contribution in [2.45, 2.75) is 0 Å². The molecule has 3 N–H and O–H groups in total. The summed E-state index contributed by atoms with van der Waals surface area (Å²) in [6.45, 7) is 0. The van der Waals surface area contributed by atoms with Gasteiger partial charge in [0.1, 0.15) is 5.82 Å². The molecule has 0 radical (unpaired) electrons. The van der Waals surface area contributed by atoms with E-state index in [9.17, 15) is 4.79 Å². The third-order valence-corrected chi connectivity index (χ3v) is 5.02. The van der Waals surface area contributed by atoms with Gasteiger partial charge in [-0.05, 0) is 48.5 Å². The van der Waals surface area contributed by atoms with Crippen LogP contribution >= 0.6 is 0 Å². The smallest absolute Gasteiger partial charge is 0.256 e. The maximum absolute atomic E-state index is 12.9. The Morgan fingerprint density at radius 1 is 0.667 bits per heavy atom. The van der Waals surface area contributed by atoms with Crippen molar-refractivity contribution in [3.63, 3.8) is 0 Å². The molecular formula is C26H20N6O. The first-order valence-corrected chi connectivity index (χ1v) is 10.4. The maximum Gasteiger partial charge on any atom is 0.256 e. The second kappa shape index (κ2) is 9.15. The van der Waals surface area contributed by atoms with Gasteiger partial charge in [0.15, 0.2) is 0 Å². The number of benzene rings is 2. The SMILES string of the molecule is O=C(Nc1cc(Nc2ccncc2)ccn1)c1cccc(Nc2ccnc3ccccc23)c1. The number of carbonyl (C=O) groups is 1. The lowest BCUT2D eigenvalue weighted by molar-refractivity contribution is 0.102. The average molecular weight is 432 g/mol. The van der Waals surface area contributed by atoms with Crippen molar-refractivity contribution in [1.82, 2.24) is 15.0 Å². The third kappa shape index (κ3) is 4.77. The molecule has 5 aromatic rings. The van der Waals surface area contributed by atoms with Gasteiger partial charge in [0.25, 0.3) is 5.91 Å². The standard InChI is InChI=1S/C26H20N6O/c33-26(32-25-17-21(10-14-29-25)30-19-8-12-27-13-9-19)18-4-3-5-20(16-18)31-24-11-15-28-23-7-2-1-6-22(23)24/h1-17H,(H,28,31)(H2,27,29,30,32,33). The minimum atomic E-state index is -0.244. The molecule has 2 aromatic carbocycles. The zero-order chi connectivity index (χ0) is 22.5. The summed E-state index contributed by atoms with van der Waals surface area (Å²) in [6, 6.07) is 24.5. The molecule has 0 saturated carbocycles. The average Bonchev–Trinajstić information content (AvgIpc) is 2.85. The molecule has 0 aliphatic rings. The first-order valence-electron chi connectivity index (χ1n) is 10.4. The summed E-state index contributed by atoms with van der Waals surface area (Å²) < 4.78 is 0. The molecule has 1 amide bonds. The van der Waals surface area contributed by atoms with E-state index in [4.69, 9.17) is 0 Å². The largest absolute Gasteiger partial charge is 0.355 e. The van der Waals surface area contributed by atoms with E-state index < -0.39 is 0 Å². The number of pyridine rings is 3. The van der Waals surface area contributed by atoms with Crippen molar-refractivity contribution >= 4 is 45.4 Å². The van der Waals surface area contributed by atoms with Gasteiger partial charge in [-0.1, -0.05) is 24.3 Å². The number of amides is 1. The number of hydrogen-bond acceptors (Lipinski definition) is 6. The molecule has 0 aliphatic heterocycles. The van der Waals surface area contributed by atoms with E-state index in [1.807, 2.05) is 66.7 Å². The van der Waals surface area contributed by atoms with Crippen molar-refractivity contribution in [2.24, 2.45) is 0 Å². The normalized spacial score (nSPS) is 10.5. The van der Waals surface area contributed by atoms with Crippen LogP contribution < -0.4 is 16.0 Å². The number of carbonyl (C=O) groups excluding carboxylic acids is 1. The molecule has 0 atom stereocenters. The van der Waals surface area contributed by atoms with Crippen LogP contribution in [0.15, 0.2) is 104 Å². The molecule has 5 rings (SSSR count). The summed E-state index contributed by atoms with van der Waals surface area (Å²) in [5, 5.41) is 10.5. The Morgan fingerprint density at radius 2 is 1.45 bits per heavy atom. The Labute approximate surface area is 190 Å². The minimum absolute atomic E-state index is 0.244. The summed E-state index contributed by atoms with van der Waals surface area (Å²) >= 11 is 0. The molecule has 160 valence electrons. The van der Waals surface area contributed by atoms with Crippen LogP contribution in [0.1, 0.15) is 10.4 Å². The summed E-state index contributed by atoms with van der Waals surface area (Å²) in [4.78, 5) is 25.5. The molecule has 3 aromatic heterocycles. The van der Waals surface area contributed by atoms with E-state index in [0.29, 0.717) is 11.4 Å². The topological polar surface area (TPSA) is 91.8 Å². The van der Waals surface area contributed by atoms with Gasteiger partial charge < -0.3 is 16.0 Å². The van der Waals surface area contributed by atoms with Gasteiger partial charge in [0.2, 0.25) is 0 Å². The van der Waals surface area contributed by atoms with Gasteiger partial charge >= 0.3 is 0 Å². The van der Waals surface area contributed by atoms with Crippen LogP contribution in [0.3, 0.4) is 0 Å². The quantitative estimate of drug-likeness (QED) is 0.316. The fraction of sp³-hybridized carbons (Fsp3) is 0. The van der Waals surface area contributed by atoms with E-state index in [0.717, 1.165) is 33.7 Å². The van der Waals surface area contributed by atoms with E-state index in [2.05, 4.69) is 30.9 Å². The fourth-order valence-corrected chi connectivity index (χ4v) is 3.47. The number of anilines is 5. The first-order chi connectivity index (χ1) is 16.2. The summed E-state index contributed by atoms with van der Waals surface area (Å²) in [5.74, 6) is 0.212. The Morgan fingerprint density at radius 3 is 2.36 bits per heavy atom. The number of nitrogens with one attached hydrogen (secondary N) is 3. The van der Waals surface area contributed by atoms with Gasteiger partial charge in [0, 0.05) is 64.6 Å². The predicted octanol–water partition coefficient (Wildman–Crippen LogP) is 5.76. The molecule has 0 aliphatic carbocycles. The Bertz CT molecular complexity index is 1420. The molecule has 0 unspecified atom stereocenters. The van der Waals surface area contributed by atoms with Gasteiger partial charge in [0.05, 0.1) is 5.52 Å². The first kappa shape index (κ1) is 20.1. The highest BCUT2D eigenvalue weighted by atomic mass is 16.1. The lowest BCUT2D eigenvalue weighted by atomic mass is 10.1. The van der Waals surface area contributed by atoms with Gasteiger partial charge in [-0.25, -0.2) is 4.98 Å². The van der Waals surface area contributed by atoms with Crippen molar-refractivity contribution in [2.75, 3.05) is 16.0 Å². The summed E-state index contributed by atoms with van der Waals surface area (Å²) in [7, 11) is 0. The Hall–Kier alpha value is -4.78. The van der Waals surface area contributed by atoms with Crippen LogP contribution in [0.5, 0.6) is 0 Å². The Kier molecular flexibility index (Phi) is 5.59. The molecule has 33 heavy (non-hydrogen) atoms. The third-order valence-electron chi connectivity index (χ3n) is 5.02. The molecule has 7 nitrogen and oxygen atoms in total. The lowest BCUT2D eigenvalue weighted by Crippen LogP contribution is -2.13. The van der Waals surface area contributed by atoms with Crippen LogP contribution in [0.4, 0.5) is 28.6 Å². The van der Waals surface area contributed by atoms with Crippen molar-refractivity contribution in [3.05, 3.63) is 109 Å². The lowest BCUT2D eigenvalue weighted by Gasteiger charge is -2.11. The number of hydrogen-bond donors (Lipinski definition) is 3. The zero-order valence-corrected chi connectivity index (χ0v) is 17.6. The van der Waals surface area contributed by atoms with E-state index in [1.54, 1.807) is 36.9 Å². The fourth-order valence-electron chi connectivity index (χ4n) is 3.47. The molecule has 0 bridgehead atoms. The van der Waals surface area contributed by atoms with E-state index in [1.165, 1.54) is 0 Å². The summed E-state index contributed by atoms with van der Waals surface area (Å²) in [5.41, 5.74) is 4.87. The van der Waals surface area contributed by atoms with Crippen LogP contribution in [0, 0.1) is 0 Å². The van der Waals surface area contributed by atoms with Gasteiger partial charge in [-0.2, -0.15) is 0 Å². The molecular weight excluding hydrogens is 412 g/mol. The van der Waals surface area contributed by atoms with Crippen LogP contribution in [0.25, 0.3) is 10.9 Å². The minimum Gasteiger partial charge on any atom is -0.355 e. The molecule has 3 heterocycles. The van der Waals surface area contributed by atoms with Crippen LogP contribution in [-0.2, 0) is 0 Å². The second-order valence-corrected chi connectivity index (χ2v) is 7.33. The van der Waals surface area contributed by atoms with Crippen molar-refractivity contribution < 1.29 is 4.79 Å². The highest BCUT2D eigenvalue weighted by Gasteiger charge is 2.09. The highest BCUT2D eigenvalue weighted by Crippen LogP contribution is 2.25. The predicted molar refractivity (Wildman–Crippen MR) is 131 cm³/mol. The van der Waals surface area contributed by atoms with E-state index in [-0.39, 0.29) is 5.91 Å². The highest BCUT2D eigenvalue weighted by molar-refractivity contribution is 6.04. The monoisotopic (exact) mass is 432 g/mol. The number of para-hydroxylation sites is 1. The maximum atomic E-state index is 12.9. The van der Waals surface area contributed by atoms with Crippen molar-refractivity contribution in [3.8, 4) is 0 Å². The van der Waals surface area contributed by atoms with Gasteiger partial charge in [-0.3, -0.25) is 14.8 Å². The number of rotatable bonds is 6. The molecule has 0 saturated heterocycles. The summed E-state index contributed by atoms with van der Waals surface area (Å²) in [6.07, 6.45) is 6.83. The molecule has 0 fully saturated rings. The zero-order valence-electron chi connectivity index (χ0n) is 17.6. The number of aromatic nitrogens is 3. The van der Waals surface area contributed by atoms with Crippen molar-refractivity contribution in [1.29, 1.82) is 0 Å². The van der Waals surface area contributed by atoms with Crippen LogP contribution in [-0.4, -0.2) is 20.9 Å².